The zero-order valence-electron chi connectivity index (χ0n) is 7.29. The number of hydrogen-bond donors (Lipinski definition) is 1. The first-order chi connectivity index (χ1) is 6.33. The molecule has 1 heterocycles. The van der Waals surface area contributed by atoms with Crippen molar-refractivity contribution >= 4 is 11.6 Å². The van der Waals surface area contributed by atoms with E-state index in [1.807, 2.05) is 18.2 Å². The Morgan fingerprint density at radius 3 is 3.31 bits per heavy atom. The van der Waals surface area contributed by atoms with E-state index in [-0.39, 0.29) is 12.5 Å². The van der Waals surface area contributed by atoms with Gasteiger partial charge in [-0.3, -0.25) is 4.79 Å². The van der Waals surface area contributed by atoms with Crippen LogP contribution in [-0.4, -0.2) is 19.0 Å². The minimum Gasteiger partial charge on any atom is -0.322 e. The predicted octanol–water partition coefficient (Wildman–Crippen LogP) is 0.335. The number of fused-ring (bicyclic) bond motifs is 1. The molecule has 1 aromatic carbocycles. The molecule has 0 unspecified atom stereocenters. The molecule has 0 saturated carbocycles. The summed E-state index contributed by atoms with van der Waals surface area (Å²) in [6, 6.07) is 8.68. The van der Waals surface area contributed by atoms with E-state index in [1.165, 1.54) is 5.56 Å². The van der Waals surface area contributed by atoms with Crippen LogP contribution in [0.25, 0.3) is 0 Å². The molecule has 1 aliphatic heterocycles. The largest absolute Gasteiger partial charge is 0.322 e. The number of carbonyl (C=O) groups excluding carboxylic acids is 1. The summed E-state index contributed by atoms with van der Waals surface area (Å²) < 4.78 is 0. The molecule has 1 aliphatic rings. The average molecular weight is 175 g/mol. The Morgan fingerprint density at radius 1 is 1.69 bits per heavy atom. The lowest BCUT2D eigenvalue weighted by atomic mass is 10.2. The Hall–Kier alpha value is -1.35. The highest BCUT2D eigenvalue weighted by atomic mass is 16.2. The maximum Gasteiger partial charge on any atom is 0.240 e. The highest BCUT2D eigenvalue weighted by Gasteiger charge is 2.22. The molecule has 1 amide bonds. The van der Waals surface area contributed by atoms with Crippen LogP contribution in [0.3, 0.4) is 0 Å². The summed E-state index contributed by atoms with van der Waals surface area (Å²) in [6.07, 6.45) is 0.926. The lowest BCUT2D eigenvalue weighted by molar-refractivity contribution is -0.117. The maximum atomic E-state index is 11.4. The fourth-order valence-electron chi connectivity index (χ4n) is 1.64. The molecule has 0 aliphatic carbocycles. The van der Waals surface area contributed by atoms with Crippen LogP contribution in [0.4, 0.5) is 5.69 Å². The van der Waals surface area contributed by atoms with E-state index in [2.05, 4.69) is 6.07 Å². The highest BCUT2D eigenvalue weighted by molar-refractivity contribution is 5.96. The van der Waals surface area contributed by atoms with E-state index in [9.17, 15) is 4.79 Å². The average Bonchev–Trinajstić information content (AvgIpc) is 2.60. The smallest absolute Gasteiger partial charge is 0.240 e. The van der Waals surface area contributed by atoms with Gasteiger partial charge in [0.2, 0.25) is 5.91 Å². The van der Waals surface area contributed by atoms with Crippen molar-refractivity contribution < 1.29 is 4.79 Å². The molecule has 0 saturated heterocycles. The Bertz CT molecular complexity index is 335. The number of benzene rings is 1. The number of amides is 1. The normalized spacial score (nSPS) is 14.4. The summed E-state index contributed by atoms with van der Waals surface area (Å²) in [5.41, 5.74) is 7.49. The van der Waals surface area contributed by atoms with E-state index in [4.69, 9.17) is 5.73 Å². The maximum absolute atomic E-state index is 11.4. The molecule has 67 valence electrons. The monoisotopic (exact) mass is 175 g/mol. The second kappa shape index (κ2) is 3.18. The summed E-state index contributed by atoms with van der Waals surface area (Å²) in [6.45, 7) is 0.831. The Morgan fingerprint density at radius 2 is 2.54 bits per heavy atom. The number of carbonyl (C=O) groups is 1. The van der Waals surface area contributed by atoms with E-state index in [1.54, 1.807) is 4.90 Å². The van der Waals surface area contributed by atoms with Gasteiger partial charge < -0.3 is 10.6 Å². The SMILES string of the molecule is NCC(=O)N1CCc2cc[c]cc21. The van der Waals surface area contributed by atoms with Crippen molar-refractivity contribution in [2.24, 2.45) is 5.73 Å². The molecule has 1 radical (unpaired) electrons. The van der Waals surface area contributed by atoms with Crippen molar-refractivity contribution in [1.82, 2.24) is 0 Å². The van der Waals surface area contributed by atoms with Crippen LogP contribution in [0, 0.1) is 6.07 Å². The van der Waals surface area contributed by atoms with Gasteiger partial charge >= 0.3 is 0 Å². The highest BCUT2D eigenvalue weighted by Crippen LogP contribution is 2.26. The lowest BCUT2D eigenvalue weighted by Gasteiger charge is -2.15. The Kier molecular flexibility index (Phi) is 2.02. The van der Waals surface area contributed by atoms with Crippen LogP contribution in [0.15, 0.2) is 18.2 Å². The van der Waals surface area contributed by atoms with Crippen LogP contribution in [0.1, 0.15) is 5.56 Å². The number of anilines is 1. The van der Waals surface area contributed by atoms with Gasteiger partial charge in [0, 0.05) is 12.2 Å². The Labute approximate surface area is 77.1 Å². The van der Waals surface area contributed by atoms with Crippen molar-refractivity contribution in [2.75, 3.05) is 18.0 Å². The number of hydrogen-bond acceptors (Lipinski definition) is 2. The molecule has 0 aromatic heterocycles. The molecule has 13 heavy (non-hydrogen) atoms. The molecule has 3 nitrogen and oxygen atoms in total. The zero-order chi connectivity index (χ0) is 9.26. The third kappa shape index (κ3) is 1.31. The van der Waals surface area contributed by atoms with Crippen LogP contribution < -0.4 is 10.6 Å². The van der Waals surface area contributed by atoms with Crippen LogP contribution >= 0.6 is 0 Å². The predicted molar refractivity (Wildman–Crippen MR) is 50.4 cm³/mol. The minimum atomic E-state index is -0.0154. The molecule has 3 heteroatoms. The van der Waals surface area contributed by atoms with Gasteiger partial charge in [-0.1, -0.05) is 12.1 Å². The fourth-order valence-corrected chi connectivity index (χ4v) is 1.64. The summed E-state index contributed by atoms with van der Waals surface area (Å²) in [7, 11) is 0. The van der Waals surface area contributed by atoms with Crippen molar-refractivity contribution in [3.8, 4) is 0 Å². The van der Waals surface area contributed by atoms with Gasteiger partial charge in [0.1, 0.15) is 0 Å². The standard InChI is InChI=1S/C10H11N2O/c11-7-10(13)12-6-5-8-3-1-2-4-9(8)12/h1,3-4H,5-7,11H2. The second-order valence-electron chi connectivity index (χ2n) is 3.05. The van der Waals surface area contributed by atoms with E-state index < -0.39 is 0 Å². The van der Waals surface area contributed by atoms with Crippen LogP contribution in [-0.2, 0) is 11.2 Å². The van der Waals surface area contributed by atoms with Gasteiger partial charge in [-0.2, -0.15) is 0 Å². The first kappa shape index (κ1) is 8.26. The third-order valence-corrected chi connectivity index (χ3v) is 2.30. The minimum absolute atomic E-state index is 0.0154. The number of nitrogens with zero attached hydrogens (tertiary/aromatic N) is 1. The topological polar surface area (TPSA) is 46.3 Å². The molecule has 0 spiro atoms. The van der Waals surface area contributed by atoms with Crippen LogP contribution in [0.2, 0.25) is 0 Å². The third-order valence-electron chi connectivity index (χ3n) is 2.30. The van der Waals surface area contributed by atoms with Crippen molar-refractivity contribution in [1.29, 1.82) is 0 Å². The van der Waals surface area contributed by atoms with Crippen molar-refractivity contribution in [3.05, 3.63) is 29.8 Å². The summed E-state index contributed by atoms with van der Waals surface area (Å²) >= 11 is 0. The van der Waals surface area contributed by atoms with Gasteiger partial charge in [0.15, 0.2) is 0 Å². The quantitative estimate of drug-likeness (QED) is 0.668. The Balaban J connectivity index is 2.33. The van der Waals surface area contributed by atoms with Crippen molar-refractivity contribution in [2.45, 2.75) is 6.42 Å². The fraction of sp³-hybridized carbons (Fsp3) is 0.300. The van der Waals surface area contributed by atoms with Gasteiger partial charge in [-0.15, -0.1) is 0 Å². The van der Waals surface area contributed by atoms with E-state index in [0.29, 0.717) is 0 Å². The van der Waals surface area contributed by atoms with Gasteiger partial charge in [0.05, 0.1) is 6.54 Å². The first-order valence-corrected chi connectivity index (χ1v) is 4.32. The molecule has 0 fully saturated rings. The van der Waals surface area contributed by atoms with Crippen molar-refractivity contribution in [3.63, 3.8) is 0 Å². The first-order valence-electron chi connectivity index (χ1n) is 4.32. The summed E-state index contributed by atoms with van der Waals surface area (Å²) in [5, 5.41) is 0. The molecule has 0 atom stereocenters. The summed E-state index contributed by atoms with van der Waals surface area (Å²) in [5.74, 6) is -0.0154. The van der Waals surface area contributed by atoms with Crippen LogP contribution in [0.5, 0.6) is 0 Å². The lowest BCUT2D eigenvalue weighted by Crippen LogP contribution is -2.34. The molecule has 2 rings (SSSR count). The molecule has 0 bridgehead atoms. The second-order valence-corrected chi connectivity index (χ2v) is 3.05. The van der Waals surface area contributed by atoms with Gasteiger partial charge in [-0.25, -0.2) is 0 Å². The van der Waals surface area contributed by atoms with E-state index in [0.717, 1.165) is 18.7 Å². The molecule has 2 N–H and O–H groups in total. The number of rotatable bonds is 1. The number of nitrogens with two attached hydrogens (primary N) is 1. The summed E-state index contributed by atoms with van der Waals surface area (Å²) in [4.78, 5) is 13.1. The van der Waals surface area contributed by atoms with E-state index >= 15 is 0 Å². The molecular weight excluding hydrogens is 164 g/mol. The van der Waals surface area contributed by atoms with Gasteiger partial charge in [0.25, 0.3) is 0 Å². The molecular formula is C10H11N2O. The molecule has 1 aromatic rings. The zero-order valence-corrected chi connectivity index (χ0v) is 7.29. The van der Waals surface area contributed by atoms with Gasteiger partial charge in [-0.05, 0) is 24.1 Å².